The zero-order valence-electron chi connectivity index (χ0n) is 16.9. The highest BCUT2D eigenvalue weighted by Crippen LogP contribution is 2.29. The first-order valence-corrected chi connectivity index (χ1v) is 10.4. The molecule has 0 N–H and O–H groups in total. The van der Waals surface area contributed by atoms with Gasteiger partial charge in [-0.15, -0.1) is 11.8 Å². The van der Waals surface area contributed by atoms with Gasteiger partial charge < -0.3 is 9.64 Å². The second kappa shape index (κ2) is 8.08. The highest BCUT2D eigenvalue weighted by Gasteiger charge is 2.26. The van der Waals surface area contributed by atoms with Crippen molar-refractivity contribution in [2.75, 3.05) is 18.8 Å². The SMILES string of the molecule is CCc1cnc2c(c1SCC(=O)N1C[C@@H](C)O[C@H](C)C1)c(=O)n(C)c(=O)n2C. The van der Waals surface area contributed by atoms with Crippen molar-refractivity contribution in [2.45, 2.75) is 44.3 Å². The van der Waals surface area contributed by atoms with Gasteiger partial charge in [0.15, 0.2) is 0 Å². The van der Waals surface area contributed by atoms with Gasteiger partial charge in [-0.05, 0) is 25.8 Å². The molecule has 1 aliphatic rings. The molecule has 9 heteroatoms. The van der Waals surface area contributed by atoms with Crippen molar-refractivity contribution in [2.24, 2.45) is 14.1 Å². The summed E-state index contributed by atoms with van der Waals surface area (Å²) in [6.07, 6.45) is 2.38. The summed E-state index contributed by atoms with van der Waals surface area (Å²) in [6.45, 7) is 7.03. The average molecular weight is 407 g/mol. The quantitative estimate of drug-likeness (QED) is 0.702. The summed E-state index contributed by atoms with van der Waals surface area (Å²) in [5.41, 5.74) is 0.431. The monoisotopic (exact) mass is 406 g/mol. The van der Waals surface area contributed by atoms with E-state index in [-0.39, 0.29) is 29.4 Å². The number of carbonyl (C=O) groups excluding carboxylic acids is 1. The van der Waals surface area contributed by atoms with E-state index >= 15 is 0 Å². The molecule has 0 spiro atoms. The maximum atomic E-state index is 12.8. The molecule has 0 unspecified atom stereocenters. The van der Waals surface area contributed by atoms with Gasteiger partial charge in [-0.1, -0.05) is 6.92 Å². The molecule has 0 aromatic carbocycles. The number of morpholine rings is 1. The normalized spacial score (nSPS) is 20.0. The molecule has 1 aliphatic heterocycles. The zero-order valence-corrected chi connectivity index (χ0v) is 17.7. The van der Waals surface area contributed by atoms with Crippen molar-refractivity contribution in [1.29, 1.82) is 0 Å². The lowest BCUT2D eigenvalue weighted by Crippen LogP contribution is -2.48. The molecule has 2 atom stereocenters. The number of aromatic nitrogens is 3. The Morgan fingerprint density at radius 1 is 1.21 bits per heavy atom. The molecule has 0 aliphatic carbocycles. The Morgan fingerprint density at radius 2 is 1.86 bits per heavy atom. The molecular weight excluding hydrogens is 380 g/mol. The van der Waals surface area contributed by atoms with Crippen molar-refractivity contribution in [3.05, 3.63) is 32.6 Å². The van der Waals surface area contributed by atoms with Crippen LogP contribution < -0.4 is 11.2 Å². The second-order valence-corrected chi connectivity index (χ2v) is 8.20. The van der Waals surface area contributed by atoms with Crippen LogP contribution in [0.15, 0.2) is 20.7 Å². The van der Waals surface area contributed by atoms with E-state index in [1.807, 2.05) is 25.7 Å². The van der Waals surface area contributed by atoms with Crippen LogP contribution in [0.5, 0.6) is 0 Å². The summed E-state index contributed by atoms with van der Waals surface area (Å²) < 4.78 is 8.14. The number of nitrogens with zero attached hydrogens (tertiary/aromatic N) is 4. The standard InChI is InChI=1S/C19H26N4O4S/c1-6-13-7-20-17-15(18(25)22(5)19(26)21(17)4)16(13)28-10-14(24)23-8-11(2)27-12(3)9-23/h7,11-12H,6,8-10H2,1-5H3/t11-,12-/m1/s1. The third-order valence-corrected chi connectivity index (χ3v) is 6.13. The van der Waals surface area contributed by atoms with Gasteiger partial charge in [0.1, 0.15) is 5.65 Å². The Morgan fingerprint density at radius 3 is 2.46 bits per heavy atom. The summed E-state index contributed by atoms with van der Waals surface area (Å²) in [5.74, 6) is 0.234. The van der Waals surface area contributed by atoms with E-state index in [4.69, 9.17) is 4.74 Å². The van der Waals surface area contributed by atoms with Crippen LogP contribution in [0.1, 0.15) is 26.3 Å². The van der Waals surface area contributed by atoms with Gasteiger partial charge in [-0.3, -0.25) is 18.7 Å². The fourth-order valence-electron chi connectivity index (χ4n) is 3.57. The van der Waals surface area contributed by atoms with Crippen LogP contribution in [-0.4, -0.2) is 56.0 Å². The minimum Gasteiger partial charge on any atom is -0.372 e. The average Bonchev–Trinajstić information content (AvgIpc) is 2.67. The molecule has 3 heterocycles. The molecule has 0 bridgehead atoms. The van der Waals surface area contributed by atoms with Gasteiger partial charge >= 0.3 is 5.69 Å². The fourth-order valence-corrected chi connectivity index (χ4v) is 4.72. The Kier molecular flexibility index (Phi) is 5.95. The lowest BCUT2D eigenvalue weighted by Gasteiger charge is -2.35. The van der Waals surface area contributed by atoms with Crippen LogP contribution in [0.2, 0.25) is 0 Å². The van der Waals surface area contributed by atoms with E-state index in [2.05, 4.69) is 4.98 Å². The molecular formula is C19H26N4O4S. The highest BCUT2D eigenvalue weighted by atomic mass is 32.2. The van der Waals surface area contributed by atoms with Gasteiger partial charge in [-0.25, -0.2) is 9.78 Å². The zero-order chi connectivity index (χ0) is 20.6. The lowest BCUT2D eigenvalue weighted by molar-refractivity contribution is -0.140. The van der Waals surface area contributed by atoms with Crippen LogP contribution >= 0.6 is 11.8 Å². The number of thioether (sulfide) groups is 1. The number of amides is 1. The van der Waals surface area contributed by atoms with Gasteiger partial charge in [0, 0.05) is 38.3 Å². The van der Waals surface area contributed by atoms with Gasteiger partial charge in [0.2, 0.25) is 5.91 Å². The Hall–Kier alpha value is -2.13. The van der Waals surface area contributed by atoms with Crippen LogP contribution in [-0.2, 0) is 30.0 Å². The maximum absolute atomic E-state index is 12.8. The summed E-state index contributed by atoms with van der Waals surface area (Å²) in [4.78, 5) is 44.7. The summed E-state index contributed by atoms with van der Waals surface area (Å²) in [7, 11) is 3.05. The summed E-state index contributed by atoms with van der Waals surface area (Å²) in [6, 6.07) is 0. The Bertz CT molecular complexity index is 1020. The number of ether oxygens (including phenoxy) is 1. The molecule has 28 heavy (non-hydrogen) atoms. The summed E-state index contributed by atoms with van der Waals surface area (Å²) in [5, 5.41) is 0.394. The third kappa shape index (κ3) is 3.73. The van der Waals surface area contributed by atoms with E-state index in [1.54, 1.807) is 13.2 Å². The van der Waals surface area contributed by atoms with Crippen LogP contribution in [0.3, 0.4) is 0 Å². The predicted molar refractivity (Wildman–Crippen MR) is 109 cm³/mol. The van der Waals surface area contributed by atoms with Crippen LogP contribution in [0.4, 0.5) is 0 Å². The Labute approximate surface area is 167 Å². The number of pyridine rings is 1. The van der Waals surface area contributed by atoms with Crippen LogP contribution in [0.25, 0.3) is 11.0 Å². The first-order chi connectivity index (χ1) is 13.2. The molecule has 0 radical (unpaired) electrons. The molecule has 2 aromatic heterocycles. The van der Waals surface area contributed by atoms with Crippen molar-refractivity contribution in [1.82, 2.24) is 19.0 Å². The molecule has 2 aromatic rings. The molecule has 8 nitrogen and oxygen atoms in total. The van der Waals surface area contributed by atoms with Crippen LogP contribution in [0, 0.1) is 0 Å². The molecule has 1 amide bonds. The minimum absolute atomic E-state index is 0.00692. The number of fused-ring (bicyclic) bond motifs is 1. The van der Waals surface area contributed by atoms with E-state index in [1.165, 1.54) is 23.4 Å². The van der Waals surface area contributed by atoms with Crippen molar-refractivity contribution in [3.63, 3.8) is 0 Å². The first-order valence-electron chi connectivity index (χ1n) is 9.38. The minimum atomic E-state index is -0.419. The third-order valence-electron chi connectivity index (χ3n) is 4.99. The largest absolute Gasteiger partial charge is 0.372 e. The lowest BCUT2D eigenvalue weighted by atomic mass is 10.2. The van der Waals surface area contributed by atoms with E-state index in [0.29, 0.717) is 30.5 Å². The highest BCUT2D eigenvalue weighted by molar-refractivity contribution is 8.00. The molecule has 0 saturated carbocycles. The molecule has 1 fully saturated rings. The van der Waals surface area contributed by atoms with Crippen molar-refractivity contribution >= 4 is 28.7 Å². The smallest absolute Gasteiger partial charge is 0.332 e. The summed E-state index contributed by atoms with van der Waals surface area (Å²) >= 11 is 1.34. The van der Waals surface area contributed by atoms with Crippen molar-refractivity contribution in [3.8, 4) is 0 Å². The molecule has 152 valence electrons. The first kappa shape index (κ1) is 20.6. The number of hydrogen-bond donors (Lipinski definition) is 0. The number of hydrogen-bond acceptors (Lipinski definition) is 6. The van der Waals surface area contributed by atoms with Gasteiger partial charge in [0.25, 0.3) is 5.56 Å². The van der Waals surface area contributed by atoms with E-state index in [9.17, 15) is 14.4 Å². The van der Waals surface area contributed by atoms with Gasteiger partial charge in [-0.2, -0.15) is 0 Å². The molecule has 3 rings (SSSR count). The predicted octanol–water partition coefficient (Wildman–Crippen LogP) is 0.923. The molecule has 1 saturated heterocycles. The van der Waals surface area contributed by atoms with E-state index in [0.717, 1.165) is 15.0 Å². The van der Waals surface area contributed by atoms with E-state index < -0.39 is 5.69 Å². The van der Waals surface area contributed by atoms with Crippen molar-refractivity contribution < 1.29 is 9.53 Å². The number of aryl methyl sites for hydroxylation is 2. The topological polar surface area (TPSA) is 86.4 Å². The Balaban J connectivity index is 1.97. The number of rotatable bonds is 4. The maximum Gasteiger partial charge on any atom is 0.332 e. The van der Waals surface area contributed by atoms with Gasteiger partial charge in [0.05, 0.1) is 23.3 Å². The second-order valence-electron chi connectivity index (χ2n) is 7.22. The fraction of sp³-hybridized carbons (Fsp3) is 0.579. The number of carbonyl (C=O) groups is 1.